The molecule has 18 bridgehead atoms. The largest absolute Gasteiger partial charge is 0.463 e. The Morgan fingerprint density at radius 1 is 0.364 bits per heavy atom. The lowest BCUT2D eigenvalue weighted by molar-refractivity contribution is -0.226. The van der Waals surface area contributed by atoms with Crippen LogP contribution < -0.4 is 0 Å². The van der Waals surface area contributed by atoms with Gasteiger partial charge in [-0.1, -0.05) is 95.4 Å². The number of esters is 10. The summed E-state index contributed by atoms with van der Waals surface area (Å²) < 4.78 is 56.8. The molecular weight excluding hydrogens is 1810 g/mol. The summed E-state index contributed by atoms with van der Waals surface area (Å²) in [5.74, 6) is 9.34. The smallest absolute Gasteiger partial charge is 0.347 e. The highest BCUT2D eigenvalue weighted by molar-refractivity contribution is 5.83. The van der Waals surface area contributed by atoms with Gasteiger partial charge in [-0.05, 0) is 458 Å². The lowest BCUT2D eigenvalue weighted by atomic mass is 9.49. The van der Waals surface area contributed by atoms with Crippen LogP contribution in [0.15, 0.2) is 0 Å². The zero-order valence-electron chi connectivity index (χ0n) is 95.4. The lowest BCUT2D eigenvalue weighted by Gasteiger charge is -2.60. The average Bonchev–Trinajstić information content (AvgIpc) is 2.01. The standard InChI is InChI=1S/C18H30O2.C17H28O2.2C16H26O3.C16H30O2.C14H20O4.C14H26O2.C10H16O4/c1-5-17(3,4)16(19)20-18(6-2)14-8-12-7-13(10-14)11-15(18)9-12;1-5-16(2,3)15(18)19-17(4)13-7-11-6-12(9-13)10-14(17)8-11;2*1-4-14(2,3)13(17)19-16-8-11-5-12(9-16)7-15(18,6-11)10-16;1-7-15(3,4)14(17)18-16(5,6)13-10-8-12(2)9-11-13;1-4-14(2,3)13(16)18-10-7-5-8-9(6-7)12(15)17-11(8)10;1-5-13(3,4)12(15)16-14(6-2)10-8-7-9-11-14;1-4-10(2,3)9(12)14-7-5-6-13-8(7)11/h12-15H,5-11H2,1-4H3;11-14H,5-10H2,1-4H3;2*11-12,18H,4-10H2,1-3H3;12-13H,7-11H2,1-6H3;7-11H,4-6H2,1-3H3;5-11H2,1-4H3;7H,4-6H2,1-3H3. The van der Waals surface area contributed by atoms with Gasteiger partial charge in [0.15, 0.2) is 0 Å². The Labute approximate surface area is 864 Å². The fraction of sp³-hybridized carbons (Fsp3) is 0.917. The van der Waals surface area contributed by atoms with E-state index in [1.165, 1.54) is 122 Å². The first kappa shape index (κ1) is 118. The van der Waals surface area contributed by atoms with Gasteiger partial charge in [0, 0.05) is 31.1 Å². The average molecular weight is 2010 g/mol. The number of ether oxygens (including phenoxy) is 10. The van der Waals surface area contributed by atoms with Crippen LogP contribution in [0.3, 0.4) is 0 Å². The molecule has 2 heterocycles. The third kappa shape index (κ3) is 27.0. The Morgan fingerprint density at radius 3 is 1.08 bits per heavy atom. The third-order valence-electron chi connectivity index (χ3n) is 41.4. The molecule has 143 heavy (non-hydrogen) atoms. The second-order valence-corrected chi connectivity index (χ2v) is 55.9. The number of fused-ring (bicyclic) bond motifs is 1. The molecule has 2 saturated heterocycles. The third-order valence-corrected chi connectivity index (χ3v) is 41.4. The molecule has 22 nitrogen and oxygen atoms in total. The highest BCUT2D eigenvalue weighted by Crippen LogP contribution is 2.65. The molecule has 10 unspecified atom stereocenters. The molecule has 22 aliphatic rings. The molecule has 22 fully saturated rings. The van der Waals surface area contributed by atoms with Crippen molar-refractivity contribution in [3.63, 3.8) is 0 Å². The molecule has 10 atom stereocenters. The molecule has 0 aromatic carbocycles. The van der Waals surface area contributed by atoms with E-state index in [9.17, 15) is 58.2 Å². The quantitative estimate of drug-likeness (QED) is 0.0570. The number of rotatable bonds is 27. The van der Waals surface area contributed by atoms with E-state index in [2.05, 4.69) is 55.4 Å². The molecule has 0 spiro atoms. The van der Waals surface area contributed by atoms with E-state index in [0.717, 1.165) is 164 Å². The van der Waals surface area contributed by atoms with E-state index in [0.29, 0.717) is 97.4 Å². The predicted molar refractivity (Wildman–Crippen MR) is 556 cm³/mol. The Bertz CT molecular complexity index is 4200. The van der Waals surface area contributed by atoms with Gasteiger partial charge in [-0.15, -0.1) is 0 Å². The molecule has 20 aliphatic carbocycles. The zero-order chi connectivity index (χ0) is 106. The Balaban J connectivity index is 0.000000156. The summed E-state index contributed by atoms with van der Waals surface area (Å²) >= 11 is 0. The van der Waals surface area contributed by atoms with E-state index in [1.807, 2.05) is 138 Å². The van der Waals surface area contributed by atoms with Crippen molar-refractivity contribution in [1.29, 1.82) is 0 Å². The van der Waals surface area contributed by atoms with Gasteiger partial charge in [0.25, 0.3) is 0 Å². The number of carbonyl (C=O) groups is 10. The van der Waals surface area contributed by atoms with Crippen LogP contribution in [0.5, 0.6) is 0 Å². The highest BCUT2D eigenvalue weighted by Gasteiger charge is 2.67. The van der Waals surface area contributed by atoms with Gasteiger partial charge in [0.1, 0.15) is 45.8 Å². The highest BCUT2D eigenvalue weighted by atomic mass is 16.6. The van der Waals surface area contributed by atoms with Crippen LogP contribution in [0.1, 0.15) is 490 Å². The molecule has 20 saturated carbocycles. The summed E-state index contributed by atoms with van der Waals surface area (Å²) in [5, 5.41) is 21.3. The van der Waals surface area contributed by atoms with Gasteiger partial charge in [-0.3, -0.25) is 43.2 Å². The maximum atomic E-state index is 12.6. The minimum Gasteiger partial charge on any atom is -0.463 e. The fourth-order valence-electron chi connectivity index (χ4n) is 28.8. The normalized spacial score (nSPS) is 36.6. The lowest BCUT2D eigenvalue weighted by Crippen LogP contribution is -2.61. The summed E-state index contributed by atoms with van der Waals surface area (Å²) in [6.07, 6.45) is 44.9. The number of hydrogen-bond acceptors (Lipinski definition) is 22. The summed E-state index contributed by atoms with van der Waals surface area (Å²) in [4.78, 5) is 120. The predicted octanol–water partition coefficient (Wildman–Crippen LogP) is 26.7. The second-order valence-electron chi connectivity index (χ2n) is 55.9. The van der Waals surface area contributed by atoms with Crippen molar-refractivity contribution in [2.45, 2.75) is 553 Å². The molecular formula is C121H202O22. The topological polar surface area (TPSA) is 303 Å². The molecule has 0 amide bonds. The molecule has 0 aromatic rings. The SMILES string of the molecule is CCC(C)(C)C(=O)OC(C)(C)C1CCC(C)CC1.CCC(C)(C)C(=O)OC1(C)C2CC3CC(C2)CC1C3.CCC(C)(C)C(=O)OC1(CC)C2CC3CC(C2)CC1C3.CCC(C)(C)C(=O)OC12CC3CC(CC(O)(C3)C1)C2.CCC(C)(C)C(=O)OC12CC3CC(CC(O)(C3)C1)C2.CCC(C)(C)C(=O)OC1C2CC3C(=O)OC1C3C2.CCC(C)(C)C(=O)OC1CCOC1=O.CCC1(OC(=O)C(C)(C)CC)CCCCC1. The van der Waals surface area contributed by atoms with Crippen LogP contribution in [-0.4, -0.2) is 140 Å². The van der Waals surface area contributed by atoms with Crippen LogP contribution >= 0.6 is 0 Å². The summed E-state index contributed by atoms with van der Waals surface area (Å²) in [6, 6.07) is 0. The number of aliphatic hydroxyl groups is 2. The fourth-order valence-corrected chi connectivity index (χ4v) is 28.8. The van der Waals surface area contributed by atoms with E-state index < -0.39 is 44.9 Å². The minimum absolute atomic E-state index is 0.0150. The molecule has 818 valence electrons. The zero-order valence-corrected chi connectivity index (χ0v) is 95.4. The molecule has 2 N–H and O–H groups in total. The van der Waals surface area contributed by atoms with Crippen molar-refractivity contribution in [2.75, 3.05) is 6.61 Å². The number of cyclic esters (lactones) is 1. The van der Waals surface area contributed by atoms with E-state index in [4.69, 9.17) is 47.4 Å². The first-order chi connectivity index (χ1) is 66.3. The molecule has 0 aromatic heterocycles. The molecule has 2 aliphatic heterocycles. The molecule has 22 rings (SSSR count). The number of carbonyl (C=O) groups excluding carboxylic acids is 10. The summed E-state index contributed by atoms with van der Waals surface area (Å²) in [5.41, 5.74) is -5.76. The molecule has 22 heteroatoms. The molecule has 0 radical (unpaired) electrons. The van der Waals surface area contributed by atoms with Crippen molar-refractivity contribution in [3.8, 4) is 0 Å². The van der Waals surface area contributed by atoms with Gasteiger partial charge in [-0.25, -0.2) is 4.79 Å². The Morgan fingerprint density at radius 2 is 0.713 bits per heavy atom. The van der Waals surface area contributed by atoms with Crippen LogP contribution in [0.25, 0.3) is 0 Å². The van der Waals surface area contributed by atoms with Crippen LogP contribution in [0.2, 0.25) is 0 Å². The Hall–Kier alpha value is -5.38. The van der Waals surface area contributed by atoms with Crippen molar-refractivity contribution >= 4 is 59.7 Å². The first-order valence-corrected chi connectivity index (χ1v) is 58.0. The van der Waals surface area contributed by atoms with E-state index in [-0.39, 0.29) is 127 Å². The van der Waals surface area contributed by atoms with Gasteiger partial charge < -0.3 is 57.6 Å². The monoisotopic (exact) mass is 2010 g/mol. The summed E-state index contributed by atoms with van der Waals surface area (Å²) in [6.45, 7) is 60.7. The van der Waals surface area contributed by atoms with Gasteiger partial charge >= 0.3 is 59.7 Å². The van der Waals surface area contributed by atoms with Gasteiger partial charge in [0.2, 0.25) is 6.10 Å². The maximum absolute atomic E-state index is 12.6. The Kier molecular flexibility index (Phi) is 37.3. The van der Waals surface area contributed by atoms with Gasteiger partial charge in [0.05, 0.1) is 67.0 Å². The van der Waals surface area contributed by atoms with Crippen molar-refractivity contribution < 1.29 is 106 Å². The first-order valence-electron chi connectivity index (χ1n) is 58.0. The summed E-state index contributed by atoms with van der Waals surface area (Å²) in [7, 11) is 0. The van der Waals surface area contributed by atoms with Crippen LogP contribution in [0.4, 0.5) is 0 Å². The van der Waals surface area contributed by atoms with E-state index >= 15 is 0 Å². The van der Waals surface area contributed by atoms with Crippen molar-refractivity contribution in [2.24, 2.45) is 144 Å². The van der Waals surface area contributed by atoms with Crippen molar-refractivity contribution in [1.82, 2.24) is 0 Å². The van der Waals surface area contributed by atoms with Crippen molar-refractivity contribution in [3.05, 3.63) is 0 Å². The van der Waals surface area contributed by atoms with E-state index in [1.54, 1.807) is 13.8 Å². The maximum Gasteiger partial charge on any atom is 0.347 e. The van der Waals surface area contributed by atoms with Gasteiger partial charge in [-0.2, -0.15) is 0 Å². The van der Waals surface area contributed by atoms with Crippen LogP contribution in [-0.2, 0) is 95.3 Å². The second kappa shape index (κ2) is 45.3. The van der Waals surface area contributed by atoms with Crippen LogP contribution in [0, 0.1) is 144 Å². The minimum atomic E-state index is -0.687. The number of hydrogen-bond donors (Lipinski definition) is 2.